The molecule has 0 spiro atoms. The van der Waals surface area contributed by atoms with Gasteiger partial charge in [-0.1, -0.05) is 18.2 Å². The van der Waals surface area contributed by atoms with Crippen molar-refractivity contribution in [2.24, 2.45) is 0 Å². The summed E-state index contributed by atoms with van der Waals surface area (Å²) in [6, 6.07) is 10.6. The highest BCUT2D eigenvalue weighted by Gasteiger charge is 2.06. The summed E-state index contributed by atoms with van der Waals surface area (Å²) in [6.07, 6.45) is 0. The number of rotatable bonds is 6. The van der Waals surface area contributed by atoms with E-state index in [9.17, 15) is 0 Å². The van der Waals surface area contributed by atoms with Crippen molar-refractivity contribution in [3.05, 3.63) is 30.3 Å². The molecule has 84 valence electrons. The predicted molar refractivity (Wildman–Crippen MR) is 66.3 cm³/mol. The van der Waals surface area contributed by atoms with Crippen molar-refractivity contribution in [2.45, 2.75) is 17.9 Å². The summed E-state index contributed by atoms with van der Waals surface area (Å²) in [7, 11) is 2.05. The van der Waals surface area contributed by atoms with Crippen molar-refractivity contribution in [2.75, 3.05) is 26.0 Å². The summed E-state index contributed by atoms with van der Waals surface area (Å²) in [5.41, 5.74) is 0. The first-order valence-electron chi connectivity index (χ1n) is 5.23. The molecule has 0 aliphatic rings. The Hall–Kier alpha value is -0.510. The third-order valence-electron chi connectivity index (χ3n) is 2.47. The molecule has 0 amide bonds. The van der Waals surface area contributed by atoms with Crippen molar-refractivity contribution in [1.29, 1.82) is 0 Å². The van der Waals surface area contributed by atoms with Gasteiger partial charge in [-0.05, 0) is 26.1 Å². The summed E-state index contributed by atoms with van der Waals surface area (Å²) in [5.74, 6) is 1.06. The van der Waals surface area contributed by atoms with E-state index in [1.54, 1.807) is 0 Å². The Kier molecular flexibility index (Phi) is 5.76. The van der Waals surface area contributed by atoms with Crippen molar-refractivity contribution in [1.82, 2.24) is 4.90 Å². The van der Waals surface area contributed by atoms with E-state index in [1.807, 2.05) is 31.8 Å². The molecule has 0 saturated heterocycles. The zero-order chi connectivity index (χ0) is 11.1. The lowest BCUT2D eigenvalue weighted by atomic mass is 10.3. The van der Waals surface area contributed by atoms with Crippen molar-refractivity contribution in [3.63, 3.8) is 0 Å². The fraction of sp³-hybridized carbons (Fsp3) is 0.500. The van der Waals surface area contributed by atoms with E-state index in [4.69, 9.17) is 5.11 Å². The highest BCUT2D eigenvalue weighted by Crippen LogP contribution is 2.16. The van der Waals surface area contributed by atoms with E-state index in [-0.39, 0.29) is 12.6 Å². The van der Waals surface area contributed by atoms with Gasteiger partial charge in [0.25, 0.3) is 0 Å². The van der Waals surface area contributed by atoms with Crippen LogP contribution >= 0.6 is 11.8 Å². The molecule has 15 heavy (non-hydrogen) atoms. The molecule has 0 aliphatic carbocycles. The molecular weight excluding hydrogens is 206 g/mol. The minimum Gasteiger partial charge on any atom is -0.395 e. The van der Waals surface area contributed by atoms with Crippen molar-refractivity contribution in [3.8, 4) is 0 Å². The molecule has 1 atom stereocenters. The van der Waals surface area contributed by atoms with E-state index in [0.29, 0.717) is 0 Å². The first-order valence-corrected chi connectivity index (χ1v) is 6.21. The average molecular weight is 225 g/mol. The summed E-state index contributed by atoms with van der Waals surface area (Å²) < 4.78 is 0. The first kappa shape index (κ1) is 12.6. The SMILES string of the molecule is CC(CO)N(C)CCSc1ccccc1. The van der Waals surface area contributed by atoms with Crippen LogP contribution in [0.5, 0.6) is 0 Å². The summed E-state index contributed by atoms with van der Waals surface area (Å²) >= 11 is 1.85. The lowest BCUT2D eigenvalue weighted by Gasteiger charge is -2.22. The van der Waals surface area contributed by atoms with Gasteiger partial charge in [0.05, 0.1) is 6.61 Å². The standard InChI is InChI=1S/C12H19NOS/c1-11(10-14)13(2)8-9-15-12-6-4-3-5-7-12/h3-7,11,14H,8-10H2,1-2H3. The van der Waals surface area contributed by atoms with Crippen molar-refractivity contribution < 1.29 is 5.11 Å². The molecule has 2 nitrogen and oxygen atoms in total. The van der Waals surface area contributed by atoms with Gasteiger partial charge < -0.3 is 10.0 Å². The summed E-state index contributed by atoms with van der Waals surface area (Å²) in [4.78, 5) is 3.48. The van der Waals surface area contributed by atoms with E-state index >= 15 is 0 Å². The fourth-order valence-corrected chi connectivity index (χ4v) is 2.15. The van der Waals surface area contributed by atoms with Crippen LogP contribution in [0, 0.1) is 0 Å². The van der Waals surface area contributed by atoms with Crippen LogP contribution in [-0.2, 0) is 0 Å². The lowest BCUT2D eigenvalue weighted by Crippen LogP contribution is -2.33. The Bertz CT molecular complexity index is 266. The Morgan fingerprint density at radius 3 is 2.60 bits per heavy atom. The average Bonchev–Trinajstić information content (AvgIpc) is 2.29. The Morgan fingerprint density at radius 2 is 2.00 bits per heavy atom. The number of nitrogens with zero attached hydrogens (tertiary/aromatic N) is 1. The van der Waals surface area contributed by atoms with E-state index < -0.39 is 0 Å². The summed E-state index contributed by atoms with van der Waals surface area (Å²) in [6.45, 7) is 3.26. The molecule has 0 heterocycles. The molecule has 1 unspecified atom stereocenters. The van der Waals surface area contributed by atoms with Crippen LogP contribution in [0.3, 0.4) is 0 Å². The predicted octanol–water partition coefficient (Wildman–Crippen LogP) is 2.09. The second-order valence-electron chi connectivity index (χ2n) is 3.67. The van der Waals surface area contributed by atoms with Crippen LogP contribution < -0.4 is 0 Å². The Morgan fingerprint density at radius 1 is 1.33 bits per heavy atom. The molecule has 0 aliphatic heterocycles. The molecular formula is C12H19NOS. The second-order valence-corrected chi connectivity index (χ2v) is 4.84. The number of aliphatic hydroxyl groups excluding tert-OH is 1. The maximum absolute atomic E-state index is 8.97. The van der Waals surface area contributed by atoms with E-state index in [2.05, 4.69) is 29.2 Å². The van der Waals surface area contributed by atoms with Gasteiger partial charge in [0.2, 0.25) is 0 Å². The number of thioether (sulfide) groups is 1. The molecule has 1 aromatic rings. The number of benzene rings is 1. The van der Waals surface area contributed by atoms with Crippen LogP contribution in [0.2, 0.25) is 0 Å². The molecule has 0 radical (unpaired) electrons. The maximum Gasteiger partial charge on any atom is 0.0584 e. The van der Waals surface area contributed by atoms with Crippen LogP contribution in [0.15, 0.2) is 35.2 Å². The van der Waals surface area contributed by atoms with E-state index in [1.165, 1.54) is 4.90 Å². The molecule has 0 fully saturated rings. The highest BCUT2D eigenvalue weighted by molar-refractivity contribution is 7.99. The smallest absolute Gasteiger partial charge is 0.0584 e. The largest absolute Gasteiger partial charge is 0.395 e. The molecule has 3 heteroatoms. The molecule has 1 rings (SSSR count). The highest BCUT2D eigenvalue weighted by atomic mass is 32.2. The molecule has 1 aromatic carbocycles. The minimum atomic E-state index is 0.229. The zero-order valence-electron chi connectivity index (χ0n) is 9.39. The monoisotopic (exact) mass is 225 g/mol. The fourth-order valence-electron chi connectivity index (χ4n) is 1.18. The van der Waals surface area contributed by atoms with Gasteiger partial charge in [0, 0.05) is 23.2 Å². The molecule has 0 saturated carbocycles. The van der Waals surface area contributed by atoms with Gasteiger partial charge >= 0.3 is 0 Å². The minimum absolute atomic E-state index is 0.229. The van der Waals surface area contributed by atoms with Gasteiger partial charge in [0.15, 0.2) is 0 Å². The normalized spacial score (nSPS) is 13.1. The van der Waals surface area contributed by atoms with Gasteiger partial charge in [-0.25, -0.2) is 0 Å². The van der Waals surface area contributed by atoms with Crippen LogP contribution in [-0.4, -0.2) is 42.0 Å². The lowest BCUT2D eigenvalue weighted by molar-refractivity contribution is 0.165. The van der Waals surface area contributed by atoms with Gasteiger partial charge in [0.1, 0.15) is 0 Å². The number of hydrogen-bond donors (Lipinski definition) is 1. The summed E-state index contributed by atoms with van der Waals surface area (Å²) in [5, 5.41) is 8.97. The Balaban J connectivity index is 2.22. The van der Waals surface area contributed by atoms with Crippen LogP contribution in [0.1, 0.15) is 6.92 Å². The van der Waals surface area contributed by atoms with Crippen molar-refractivity contribution >= 4 is 11.8 Å². The number of hydrogen-bond acceptors (Lipinski definition) is 3. The van der Waals surface area contributed by atoms with E-state index in [0.717, 1.165) is 12.3 Å². The quantitative estimate of drug-likeness (QED) is 0.750. The van der Waals surface area contributed by atoms with Gasteiger partial charge in [-0.15, -0.1) is 11.8 Å². The number of likely N-dealkylation sites (N-methyl/N-ethyl adjacent to an activating group) is 1. The topological polar surface area (TPSA) is 23.5 Å². The van der Waals surface area contributed by atoms with Gasteiger partial charge in [-0.2, -0.15) is 0 Å². The molecule has 0 bridgehead atoms. The molecule has 1 N–H and O–H groups in total. The number of aliphatic hydroxyl groups is 1. The first-order chi connectivity index (χ1) is 7.24. The Labute approximate surface area is 96.3 Å². The van der Waals surface area contributed by atoms with Crippen LogP contribution in [0.25, 0.3) is 0 Å². The molecule has 0 aromatic heterocycles. The third-order valence-corrected chi connectivity index (χ3v) is 3.46. The maximum atomic E-state index is 8.97. The third kappa shape index (κ3) is 4.69. The van der Waals surface area contributed by atoms with Crippen LogP contribution in [0.4, 0.5) is 0 Å². The van der Waals surface area contributed by atoms with Gasteiger partial charge in [-0.3, -0.25) is 0 Å². The second kappa shape index (κ2) is 6.88. The zero-order valence-corrected chi connectivity index (χ0v) is 10.2.